The second-order valence-electron chi connectivity index (χ2n) is 6.99. The Morgan fingerprint density at radius 1 is 1.12 bits per heavy atom. The van der Waals surface area contributed by atoms with Gasteiger partial charge in [0.25, 0.3) is 11.5 Å². The molecular formula is C19H23N3O3. The number of piperazine rings is 1. The Morgan fingerprint density at radius 3 is 2.60 bits per heavy atom. The maximum atomic E-state index is 12.8. The Labute approximate surface area is 146 Å². The molecule has 2 heterocycles. The highest BCUT2D eigenvalue weighted by Gasteiger charge is 2.33. The zero-order chi connectivity index (χ0) is 17.4. The van der Waals surface area contributed by atoms with E-state index in [4.69, 9.17) is 0 Å². The predicted molar refractivity (Wildman–Crippen MR) is 95.7 cm³/mol. The second kappa shape index (κ2) is 6.61. The van der Waals surface area contributed by atoms with Crippen LogP contribution in [0.4, 0.5) is 0 Å². The molecule has 4 rings (SSSR count). The van der Waals surface area contributed by atoms with Crippen molar-refractivity contribution in [1.82, 2.24) is 14.8 Å². The molecule has 1 amide bonds. The van der Waals surface area contributed by atoms with Crippen LogP contribution < -0.4 is 5.56 Å². The van der Waals surface area contributed by atoms with Crippen LogP contribution in [-0.4, -0.2) is 64.1 Å². The highest BCUT2D eigenvalue weighted by Crippen LogP contribution is 2.25. The summed E-state index contributed by atoms with van der Waals surface area (Å²) in [7, 11) is 0. The minimum absolute atomic E-state index is 0.130. The first-order chi connectivity index (χ1) is 12.1. The van der Waals surface area contributed by atoms with Crippen LogP contribution in [0, 0.1) is 0 Å². The van der Waals surface area contributed by atoms with Crippen LogP contribution in [0.5, 0.6) is 0 Å². The van der Waals surface area contributed by atoms with Gasteiger partial charge in [-0.25, -0.2) is 0 Å². The number of H-pyrrole nitrogens is 1. The molecule has 0 radical (unpaired) electrons. The van der Waals surface area contributed by atoms with Gasteiger partial charge in [-0.3, -0.25) is 14.5 Å². The number of aliphatic hydroxyl groups is 1. The van der Waals surface area contributed by atoms with E-state index in [-0.39, 0.29) is 23.6 Å². The standard InChI is InChI=1S/C19H23N3O3/c23-17-7-3-6-16(17)21-8-10-22(11-9-21)19(25)15-12-13-4-1-2-5-14(13)18(24)20-15/h1-2,4-5,12,16-17,23H,3,6-11H2,(H,20,24)/t16-,17-/m1/s1. The number of carbonyl (C=O) groups is 1. The number of rotatable bonds is 2. The minimum atomic E-state index is -0.237. The van der Waals surface area contributed by atoms with E-state index < -0.39 is 0 Å². The molecule has 1 aromatic carbocycles. The number of aromatic amines is 1. The molecule has 2 N–H and O–H groups in total. The smallest absolute Gasteiger partial charge is 0.270 e. The van der Waals surface area contributed by atoms with Crippen molar-refractivity contribution in [3.63, 3.8) is 0 Å². The highest BCUT2D eigenvalue weighted by atomic mass is 16.3. The van der Waals surface area contributed by atoms with Gasteiger partial charge in [0.15, 0.2) is 0 Å². The molecule has 1 saturated carbocycles. The number of hydrogen-bond acceptors (Lipinski definition) is 4. The van der Waals surface area contributed by atoms with E-state index in [1.54, 1.807) is 17.0 Å². The Kier molecular flexibility index (Phi) is 4.31. The third kappa shape index (κ3) is 3.07. The number of carbonyl (C=O) groups excluding carboxylic acids is 1. The number of nitrogens with one attached hydrogen (secondary N) is 1. The SMILES string of the molecule is O=C(c1cc2ccccc2c(=O)[nH]1)N1CCN([C@@H]2CCC[C@H]2O)CC1. The zero-order valence-corrected chi connectivity index (χ0v) is 14.1. The number of aromatic nitrogens is 1. The number of hydrogen-bond donors (Lipinski definition) is 2. The summed E-state index contributed by atoms with van der Waals surface area (Å²) in [6, 6.07) is 9.27. The van der Waals surface area contributed by atoms with Gasteiger partial charge in [-0.1, -0.05) is 18.2 Å². The van der Waals surface area contributed by atoms with Gasteiger partial charge in [0.05, 0.1) is 6.10 Å². The van der Waals surface area contributed by atoms with Crippen molar-refractivity contribution in [3.8, 4) is 0 Å². The quantitative estimate of drug-likeness (QED) is 0.861. The van der Waals surface area contributed by atoms with Gasteiger partial charge in [-0.15, -0.1) is 0 Å². The van der Waals surface area contributed by atoms with Crippen LogP contribution in [0.2, 0.25) is 0 Å². The third-order valence-corrected chi connectivity index (χ3v) is 5.50. The Hall–Kier alpha value is -2.18. The Morgan fingerprint density at radius 2 is 1.88 bits per heavy atom. The maximum Gasteiger partial charge on any atom is 0.270 e. The first-order valence-electron chi connectivity index (χ1n) is 8.97. The van der Waals surface area contributed by atoms with Crippen LogP contribution in [0.25, 0.3) is 10.8 Å². The zero-order valence-electron chi connectivity index (χ0n) is 14.1. The van der Waals surface area contributed by atoms with Crippen LogP contribution in [-0.2, 0) is 0 Å². The van der Waals surface area contributed by atoms with Gasteiger partial charge in [0.2, 0.25) is 0 Å². The lowest BCUT2D eigenvalue weighted by Gasteiger charge is -2.39. The average molecular weight is 341 g/mol. The number of pyridine rings is 1. The van der Waals surface area contributed by atoms with E-state index >= 15 is 0 Å². The first-order valence-corrected chi connectivity index (χ1v) is 8.97. The number of fused-ring (bicyclic) bond motifs is 1. The van der Waals surface area contributed by atoms with Gasteiger partial charge < -0.3 is 15.0 Å². The Balaban J connectivity index is 1.48. The molecular weight excluding hydrogens is 318 g/mol. The fourth-order valence-corrected chi connectivity index (χ4v) is 4.10. The monoisotopic (exact) mass is 341 g/mol. The van der Waals surface area contributed by atoms with Crippen molar-refractivity contribution in [2.75, 3.05) is 26.2 Å². The molecule has 2 aliphatic rings. The van der Waals surface area contributed by atoms with Crippen molar-refractivity contribution in [2.45, 2.75) is 31.4 Å². The molecule has 0 bridgehead atoms. The number of amides is 1. The lowest BCUT2D eigenvalue weighted by molar-refractivity contribution is 0.0313. The summed E-state index contributed by atoms with van der Waals surface area (Å²) < 4.78 is 0. The summed E-state index contributed by atoms with van der Waals surface area (Å²) in [5.41, 5.74) is 0.118. The largest absolute Gasteiger partial charge is 0.391 e. The molecule has 1 aliphatic carbocycles. The molecule has 0 unspecified atom stereocenters. The van der Waals surface area contributed by atoms with Gasteiger partial charge >= 0.3 is 0 Å². The molecule has 6 heteroatoms. The van der Waals surface area contributed by atoms with Crippen LogP contribution >= 0.6 is 0 Å². The molecule has 1 aromatic heterocycles. The van der Waals surface area contributed by atoms with Crippen molar-refractivity contribution in [3.05, 3.63) is 46.4 Å². The fraction of sp³-hybridized carbons (Fsp3) is 0.474. The molecule has 1 saturated heterocycles. The van der Waals surface area contributed by atoms with E-state index in [1.165, 1.54) is 0 Å². The predicted octanol–water partition coefficient (Wildman–Crippen LogP) is 1.20. The van der Waals surface area contributed by atoms with Crippen molar-refractivity contribution in [1.29, 1.82) is 0 Å². The Bertz CT molecular complexity index is 839. The van der Waals surface area contributed by atoms with Crippen LogP contribution in [0.1, 0.15) is 29.8 Å². The van der Waals surface area contributed by atoms with Crippen molar-refractivity contribution in [2.24, 2.45) is 0 Å². The van der Waals surface area contributed by atoms with E-state index in [9.17, 15) is 14.7 Å². The van der Waals surface area contributed by atoms with Gasteiger partial charge in [0.1, 0.15) is 5.69 Å². The summed E-state index contributed by atoms with van der Waals surface area (Å²) >= 11 is 0. The summed E-state index contributed by atoms with van der Waals surface area (Å²) in [5, 5.41) is 11.4. The van der Waals surface area contributed by atoms with E-state index in [0.717, 1.165) is 37.7 Å². The second-order valence-corrected chi connectivity index (χ2v) is 6.99. The van der Waals surface area contributed by atoms with Gasteiger partial charge in [-0.2, -0.15) is 0 Å². The summed E-state index contributed by atoms with van der Waals surface area (Å²) in [4.78, 5) is 31.8. The van der Waals surface area contributed by atoms with E-state index in [0.29, 0.717) is 24.2 Å². The van der Waals surface area contributed by atoms with Crippen LogP contribution in [0.15, 0.2) is 35.1 Å². The highest BCUT2D eigenvalue weighted by molar-refractivity contribution is 5.96. The first kappa shape index (κ1) is 16.3. The maximum absolute atomic E-state index is 12.8. The molecule has 2 fully saturated rings. The van der Waals surface area contributed by atoms with Gasteiger partial charge in [-0.05, 0) is 36.8 Å². The normalized spacial score (nSPS) is 24.8. The molecule has 0 spiro atoms. The third-order valence-electron chi connectivity index (χ3n) is 5.50. The molecule has 6 nitrogen and oxygen atoms in total. The molecule has 1 aliphatic heterocycles. The summed E-state index contributed by atoms with van der Waals surface area (Å²) in [6.45, 7) is 2.78. The lowest BCUT2D eigenvalue weighted by Crippen LogP contribution is -2.53. The fourth-order valence-electron chi connectivity index (χ4n) is 4.10. The van der Waals surface area contributed by atoms with Crippen molar-refractivity contribution >= 4 is 16.7 Å². The molecule has 132 valence electrons. The summed E-state index contributed by atoms with van der Waals surface area (Å²) in [5.74, 6) is -0.130. The average Bonchev–Trinajstić information content (AvgIpc) is 3.07. The lowest BCUT2D eigenvalue weighted by atomic mass is 10.1. The minimum Gasteiger partial charge on any atom is -0.391 e. The summed E-state index contributed by atoms with van der Waals surface area (Å²) in [6.07, 6.45) is 2.75. The number of benzene rings is 1. The number of nitrogens with zero attached hydrogens (tertiary/aromatic N) is 2. The van der Waals surface area contributed by atoms with E-state index in [2.05, 4.69) is 9.88 Å². The number of aliphatic hydroxyl groups excluding tert-OH is 1. The topological polar surface area (TPSA) is 76.6 Å². The van der Waals surface area contributed by atoms with Gasteiger partial charge in [0, 0.05) is 37.6 Å². The van der Waals surface area contributed by atoms with Crippen LogP contribution in [0.3, 0.4) is 0 Å². The molecule has 2 aromatic rings. The molecule has 25 heavy (non-hydrogen) atoms. The van der Waals surface area contributed by atoms with Crippen molar-refractivity contribution < 1.29 is 9.90 Å². The molecule has 2 atom stereocenters. The van der Waals surface area contributed by atoms with E-state index in [1.807, 2.05) is 18.2 Å².